The second kappa shape index (κ2) is 12.1. The number of unbranched alkanes of at least 4 members (excludes halogenated alkanes) is 1. The van der Waals surface area contributed by atoms with Crippen molar-refractivity contribution < 1.29 is 14.4 Å². The fourth-order valence-electron chi connectivity index (χ4n) is 5.10. The molecular formula is C26H32IN4O5P. The van der Waals surface area contributed by atoms with Crippen molar-refractivity contribution in [2.45, 2.75) is 71.0 Å². The highest BCUT2D eigenvalue weighted by atomic mass is 127. The van der Waals surface area contributed by atoms with Crippen molar-refractivity contribution >= 4 is 41.4 Å². The number of imidazole rings is 1. The van der Waals surface area contributed by atoms with Crippen LogP contribution in [0.4, 0.5) is 0 Å². The SMILES string of the molecule is C#CCn1c(=O)c2c(nc(CCc3ccc(I)cc3)n2CC2CCCC2)n(CCCCP(=O)(O)O)c1=O. The summed E-state index contributed by atoms with van der Waals surface area (Å²) in [5.74, 6) is 3.62. The first-order valence-corrected chi connectivity index (χ1v) is 15.5. The van der Waals surface area contributed by atoms with Gasteiger partial charge < -0.3 is 14.4 Å². The summed E-state index contributed by atoms with van der Waals surface area (Å²) >= 11 is 2.27. The number of aryl methyl sites for hydroxylation is 3. The number of aromatic nitrogens is 4. The lowest BCUT2D eigenvalue weighted by atomic mass is 10.1. The molecule has 0 spiro atoms. The van der Waals surface area contributed by atoms with Crippen LogP contribution in [0.15, 0.2) is 33.9 Å². The zero-order valence-corrected chi connectivity index (χ0v) is 23.7. The van der Waals surface area contributed by atoms with Crippen molar-refractivity contribution in [1.82, 2.24) is 18.7 Å². The quantitative estimate of drug-likeness (QED) is 0.144. The van der Waals surface area contributed by atoms with Crippen LogP contribution >= 0.6 is 30.2 Å². The van der Waals surface area contributed by atoms with Crippen LogP contribution in [-0.4, -0.2) is 34.6 Å². The molecule has 11 heteroatoms. The summed E-state index contributed by atoms with van der Waals surface area (Å²) in [6, 6.07) is 8.29. The molecule has 0 aliphatic heterocycles. The van der Waals surface area contributed by atoms with Crippen LogP contribution in [0.5, 0.6) is 0 Å². The zero-order valence-electron chi connectivity index (χ0n) is 20.7. The molecule has 4 rings (SSSR count). The molecule has 0 atom stereocenters. The summed E-state index contributed by atoms with van der Waals surface area (Å²) in [6.07, 6.45) is 11.7. The highest BCUT2D eigenvalue weighted by molar-refractivity contribution is 14.1. The minimum absolute atomic E-state index is 0.150. The van der Waals surface area contributed by atoms with E-state index in [0.717, 1.165) is 33.2 Å². The molecule has 1 fully saturated rings. The monoisotopic (exact) mass is 638 g/mol. The van der Waals surface area contributed by atoms with Gasteiger partial charge in [0.1, 0.15) is 5.82 Å². The molecule has 0 saturated heterocycles. The van der Waals surface area contributed by atoms with Gasteiger partial charge in [0.25, 0.3) is 5.56 Å². The Morgan fingerprint density at radius 2 is 1.76 bits per heavy atom. The third-order valence-corrected chi connectivity index (χ3v) is 8.61. The molecule has 3 aromatic rings. The van der Waals surface area contributed by atoms with E-state index >= 15 is 0 Å². The molecule has 1 aliphatic carbocycles. The van der Waals surface area contributed by atoms with Gasteiger partial charge >= 0.3 is 13.3 Å². The van der Waals surface area contributed by atoms with Gasteiger partial charge in [-0.1, -0.05) is 30.9 Å². The molecule has 9 nitrogen and oxygen atoms in total. The van der Waals surface area contributed by atoms with Crippen LogP contribution < -0.4 is 11.2 Å². The van der Waals surface area contributed by atoms with Crippen molar-refractivity contribution in [3.05, 3.63) is 60.1 Å². The average Bonchev–Trinajstić information content (AvgIpc) is 3.49. The van der Waals surface area contributed by atoms with Gasteiger partial charge in [-0.2, -0.15) is 0 Å². The Morgan fingerprint density at radius 1 is 1.05 bits per heavy atom. The van der Waals surface area contributed by atoms with Gasteiger partial charge in [-0.15, -0.1) is 6.42 Å². The molecule has 0 radical (unpaired) electrons. The number of benzene rings is 1. The number of rotatable bonds is 11. The predicted octanol–water partition coefficient (Wildman–Crippen LogP) is 3.53. The molecule has 1 saturated carbocycles. The number of fused-ring (bicyclic) bond motifs is 1. The maximum absolute atomic E-state index is 13.6. The fraction of sp³-hybridized carbons (Fsp3) is 0.500. The van der Waals surface area contributed by atoms with E-state index in [2.05, 4.69) is 52.8 Å². The first-order valence-electron chi connectivity index (χ1n) is 12.6. The molecule has 198 valence electrons. The zero-order chi connectivity index (χ0) is 26.6. The van der Waals surface area contributed by atoms with Crippen molar-refractivity contribution in [3.8, 4) is 12.3 Å². The maximum atomic E-state index is 13.6. The predicted molar refractivity (Wildman–Crippen MR) is 152 cm³/mol. The minimum atomic E-state index is -4.13. The second-order valence-corrected chi connectivity index (χ2v) is 12.7. The van der Waals surface area contributed by atoms with E-state index in [1.807, 2.05) is 4.57 Å². The van der Waals surface area contributed by atoms with Crippen LogP contribution in [0.1, 0.15) is 49.9 Å². The smallest absolute Gasteiger partial charge is 0.324 e. The summed E-state index contributed by atoms with van der Waals surface area (Å²) in [5, 5.41) is 0. The number of halogens is 1. The van der Waals surface area contributed by atoms with Gasteiger partial charge in [-0.25, -0.2) is 14.3 Å². The van der Waals surface area contributed by atoms with Crippen LogP contribution in [0.2, 0.25) is 0 Å². The highest BCUT2D eigenvalue weighted by Gasteiger charge is 2.24. The van der Waals surface area contributed by atoms with Crippen molar-refractivity contribution in [2.75, 3.05) is 6.16 Å². The lowest BCUT2D eigenvalue weighted by molar-refractivity contribution is 0.370. The lowest BCUT2D eigenvalue weighted by Crippen LogP contribution is -2.40. The van der Waals surface area contributed by atoms with Gasteiger partial charge in [-0.3, -0.25) is 13.9 Å². The topological polar surface area (TPSA) is 119 Å². The summed E-state index contributed by atoms with van der Waals surface area (Å²) in [4.78, 5) is 50.1. The Bertz CT molecular complexity index is 1460. The number of terminal acetylenes is 1. The van der Waals surface area contributed by atoms with Crippen LogP contribution in [0.25, 0.3) is 11.2 Å². The lowest BCUT2D eigenvalue weighted by Gasteiger charge is -2.15. The molecular weight excluding hydrogens is 606 g/mol. The Balaban J connectivity index is 1.78. The molecule has 2 aromatic heterocycles. The standard InChI is InChI=1S/C26H32IN4O5P/c1-2-15-30-25(32)23-24(29(26(30)33)16-5-6-17-37(34,35)36)28-22(31(23)18-20-7-3-4-8-20)14-11-19-9-12-21(27)13-10-19/h1,9-10,12-13,20H,3-8,11,14-18H2,(H2,34,35,36). The molecule has 2 N–H and O–H groups in total. The number of hydrogen-bond acceptors (Lipinski definition) is 4. The Morgan fingerprint density at radius 3 is 2.41 bits per heavy atom. The number of hydrogen-bond donors (Lipinski definition) is 2. The van der Waals surface area contributed by atoms with Crippen LogP contribution in [0.3, 0.4) is 0 Å². The normalized spacial score (nSPS) is 14.4. The minimum Gasteiger partial charge on any atom is -0.324 e. The van der Waals surface area contributed by atoms with Gasteiger partial charge in [0, 0.05) is 29.2 Å². The first-order chi connectivity index (χ1) is 17.7. The largest absolute Gasteiger partial charge is 0.333 e. The molecule has 1 aromatic carbocycles. The van der Waals surface area contributed by atoms with Crippen molar-refractivity contribution in [2.24, 2.45) is 5.92 Å². The fourth-order valence-corrected chi connectivity index (χ4v) is 6.10. The van der Waals surface area contributed by atoms with Crippen molar-refractivity contribution in [1.29, 1.82) is 0 Å². The highest BCUT2D eigenvalue weighted by Crippen LogP contribution is 2.35. The van der Waals surface area contributed by atoms with E-state index in [9.17, 15) is 23.9 Å². The molecule has 0 bridgehead atoms. The van der Waals surface area contributed by atoms with E-state index in [-0.39, 0.29) is 25.7 Å². The average molecular weight is 638 g/mol. The Kier molecular flexibility index (Phi) is 9.11. The van der Waals surface area contributed by atoms with Crippen LogP contribution in [0, 0.1) is 21.8 Å². The van der Waals surface area contributed by atoms with E-state index in [4.69, 9.17) is 11.4 Å². The van der Waals surface area contributed by atoms with Gasteiger partial charge in [0.15, 0.2) is 11.2 Å². The third-order valence-electron chi connectivity index (χ3n) is 6.99. The van der Waals surface area contributed by atoms with Gasteiger partial charge in [0.2, 0.25) is 0 Å². The Hall–Kier alpha value is -2.19. The molecule has 0 unspecified atom stereocenters. The third kappa shape index (κ3) is 6.82. The van der Waals surface area contributed by atoms with E-state index in [1.165, 1.54) is 23.0 Å². The molecule has 37 heavy (non-hydrogen) atoms. The van der Waals surface area contributed by atoms with E-state index in [0.29, 0.717) is 36.5 Å². The second-order valence-electron chi connectivity index (χ2n) is 9.71. The summed E-state index contributed by atoms with van der Waals surface area (Å²) < 4.78 is 16.9. The number of nitrogens with zero attached hydrogens (tertiary/aromatic N) is 4. The Labute approximate surface area is 229 Å². The maximum Gasteiger partial charge on any atom is 0.333 e. The summed E-state index contributed by atoms with van der Waals surface area (Å²) in [7, 11) is -4.13. The van der Waals surface area contributed by atoms with Gasteiger partial charge in [0.05, 0.1) is 6.54 Å². The van der Waals surface area contributed by atoms with Gasteiger partial charge in [-0.05, 0) is 78.3 Å². The van der Waals surface area contributed by atoms with Crippen molar-refractivity contribution in [3.63, 3.8) is 0 Å². The van der Waals surface area contributed by atoms with E-state index < -0.39 is 18.8 Å². The summed E-state index contributed by atoms with van der Waals surface area (Å²) in [5.41, 5.74) is 0.903. The summed E-state index contributed by atoms with van der Waals surface area (Å²) in [6.45, 7) is 0.708. The molecule has 1 aliphatic rings. The first kappa shape index (κ1) is 27.8. The van der Waals surface area contributed by atoms with E-state index in [1.54, 1.807) is 0 Å². The molecule has 2 heterocycles. The van der Waals surface area contributed by atoms with Crippen LogP contribution in [-0.2, 0) is 37.0 Å². The molecule has 0 amide bonds.